The van der Waals surface area contributed by atoms with E-state index in [0.717, 1.165) is 0 Å². The molecule has 0 aromatic rings. The van der Waals surface area contributed by atoms with Crippen molar-refractivity contribution in [3.63, 3.8) is 0 Å². The third kappa shape index (κ3) is 6.87. The van der Waals surface area contributed by atoms with Crippen molar-refractivity contribution in [2.45, 2.75) is 6.92 Å². The van der Waals surface area contributed by atoms with Gasteiger partial charge in [0, 0.05) is 0 Å². The van der Waals surface area contributed by atoms with Crippen molar-refractivity contribution in [2.24, 2.45) is 0 Å². The summed E-state index contributed by atoms with van der Waals surface area (Å²) in [5.41, 5.74) is 0. The third-order valence-electron chi connectivity index (χ3n) is 0.369. The van der Waals surface area contributed by atoms with Crippen molar-refractivity contribution < 1.29 is 9.42 Å². The Morgan fingerprint density at radius 2 is 2.29 bits per heavy atom. The van der Waals surface area contributed by atoms with E-state index in [-0.39, 0.29) is 0 Å². The molecule has 0 saturated carbocycles. The van der Waals surface area contributed by atoms with E-state index >= 15 is 0 Å². The maximum absolute atomic E-state index is 8.85. The van der Waals surface area contributed by atoms with Crippen LogP contribution in [0.1, 0.15) is 6.92 Å². The summed E-state index contributed by atoms with van der Waals surface area (Å²) in [7, 11) is 0. The van der Waals surface area contributed by atoms with Crippen LogP contribution in [0.15, 0.2) is 0 Å². The van der Waals surface area contributed by atoms with Crippen LogP contribution >= 0.6 is 5.96 Å². The predicted molar refractivity (Wildman–Crippen MR) is 32.4 cm³/mol. The molecule has 0 aliphatic carbocycles. The van der Waals surface area contributed by atoms with Crippen LogP contribution in [0.25, 0.3) is 0 Å². The Hall–Kier alpha value is 0.869. The van der Waals surface area contributed by atoms with Crippen LogP contribution in [0.3, 0.4) is 0 Å². The molecule has 0 aromatic heterocycles. The number of hydrogen-bond acceptors (Lipinski definition) is 2. The summed E-state index contributed by atoms with van der Waals surface area (Å²) in [5.74, 6) is -2.04. The molecule has 2 nitrogen and oxygen atoms in total. The van der Waals surface area contributed by atoms with Crippen LogP contribution in [-0.2, 0) is 4.52 Å². The van der Waals surface area contributed by atoms with Crippen LogP contribution in [0, 0.1) is 0 Å². The monoisotopic (exact) mass is 188 g/mol. The van der Waals surface area contributed by atoms with E-state index in [1.165, 1.54) is 0 Å². The summed E-state index contributed by atoms with van der Waals surface area (Å²) in [5, 5.41) is 0. The summed E-state index contributed by atoms with van der Waals surface area (Å²) in [6, 6.07) is 0. The van der Waals surface area contributed by atoms with E-state index in [2.05, 4.69) is 15.1 Å². The fourth-order valence-electron chi connectivity index (χ4n) is 0.240. The Kier molecular flexibility index (Phi) is 3.38. The minimum atomic E-state index is -2.04. The van der Waals surface area contributed by atoms with Gasteiger partial charge in [-0.1, -0.05) is 0 Å². The molecule has 44 valence electrons. The molecule has 0 saturated heterocycles. The van der Waals surface area contributed by atoms with Gasteiger partial charge in [0.05, 0.1) is 0 Å². The van der Waals surface area contributed by atoms with E-state index in [1.54, 1.807) is 6.66 Å². The van der Waals surface area contributed by atoms with E-state index in [1.807, 2.05) is 6.92 Å². The fraction of sp³-hybridized carbons (Fsp3) is 1.00. The first-order chi connectivity index (χ1) is 3.06. The molecule has 0 fully saturated rings. The number of rotatable bonds is 2. The Morgan fingerprint density at radius 1 is 1.86 bits per heavy atom. The van der Waals surface area contributed by atoms with Crippen LogP contribution < -0.4 is 0 Å². The normalized spacial score (nSPS) is 18.7. The maximum atomic E-state index is 8.85. The molecule has 1 unspecified atom stereocenters. The van der Waals surface area contributed by atoms with Crippen LogP contribution in [0.2, 0.25) is 0 Å². The van der Waals surface area contributed by atoms with Gasteiger partial charge < -0.3 is 0 Å². The standard InChI is InChI=1S/C3H9O2PSe/c1-3-5-6(2,4)7/h3H2,1-2H3,(H,4,7). The Morgan fingerprint density at radius 3 is 2.29 bits per heavy atom. The van der Waals surface area contributed by atoms with E-state index < -0.39 is 5.96 Å². The second-order valence-corrected chi connectivity index (χ2v) is 7.35. The van der Waals surface area contributed by atoms with Gasteiger partial charge in [-0.15, -0.1) is 0 Å². The molecule has 0 aliphatic heterocycles. The predicted octanol–water partition coefficient (Wildman–Crippen LogP) is 0.576. The second kappa shape index (κ2) is 3.01. The van der Waals surface area contributed by atoms with E-state index in [9.17, 15) is 0 Å². The molecule has 0 bridgehead atoms. The molecule has 0 rings (SSSR count). The van der Waals surface area contributed by atoms with Crippen LogP contribution in [0.5, 0.6) is 0 Å². The topological polar surface area (TPSA) is 29.5 Å². The van der Waals surface area contributed by atoms with Gasteiger partial charge in [-0.25, -0.2) is 0 Å². The van der Waals surface area contributed by atoms with Crippen molar-refractivity contribution >= 4 is 21.1 Å². The second-order valence-electron chi connectivity index (χ2n) is 1.22. The third-order valence-corrected chi connectivity index (χ3v) is 1.77. The molecule has 0 aliphatic rings. The van der Waals surface area contributed by atoms with Crippen LogP contribution in [-0.4, -0.2) is 33.3 Å². The van der Waals surface area contributed by atoms with Gasteiger partial charge in [-0.3, -0.25) is 0 Å². The Labute approximate surface area is 51.3 Å². The summed E-state index contributed by atoms with van der Waals surface area (Å²) in [6.45, 7) is 4.09. The molecule has 0 heterocycles. The molecule has 0 amide bonds. The first-order valence-electron chi connectivity index (χ1n) is 2.01. The summed E-state index contributed by atoms with van der Waals surface area (Å²) in [4.78, 5) is 8.85. The molecule has 7 heavy (non-hydrogen) atoms. The average molecular weight is 187 g/mol. The van der Waals surface area contributed by atoms with Gasteiger partial charge in [0.15, 0.2) is 0 Å². The zero-order valence-electron chi connectivity index (χ0n) is 4.42. The van der Waals surface area contributed by atoms with Crippen molar-refractivity contribution in [3.8, 4) is 0 Å². The van der Waals surface area contributed by atoms with Crippen molar-refractivity contribution in [1.29, 1.82) is 0 Å². The molecule has 4 heteroatoms. The van der Waals surface area contributed by atoms with Crippen molar-refractivity contribution in [2.75, 3.05) is 13.3 Å². The molecular weight excluding hydrogens is 178 g/mol. The Bertz CT molecular complexity index is 86.9. The van der Waals surface area contributed by atoms with E-state index in [4.69, 9.17) is 9.42 Å². The zero-order chi connectivity index (χ0) is 5.91. The zero-order valence-corrected chi connectivity index (χ0v) is 7.03. The average Bonchev–Trinajstić information content (AvgIpc) is 1.30. The SMILES string of the molecule is CCOP(C)(O)=[Se]. The molecule has 1 N–H and O–H groups in total. The van der Waals surface area contributed by atoms with Gasteiger partial charge >= 0.3 is 50.7 Å². The van der Waals surface area contributed by atoms with Crippen molar-refractivity contribution in [3.05, 3.63) is 0 Å². The minimum absolute atomic E-state index is 0.577. The Balaban J connectivity index is 3.36. The molecule has 0 spiro atoms. The fourth-order valence-corrected chi connectivity index (χ4v) is 1.38. The van der Waals surface area contributed by atoms with Gasteiger partial charge in [0.2, 0.25) is 0 Å². The van der Waals surface area contributed by atoms with Gasteiger partial charge in [0.25, 0.3) is 0 Å². The summed E-state index contributed by atoms with van der Waals surface area (Å²) < 4.78 is 4.84. The summed E-state index contributed by atoms with van der Waals surface area (Å²) >= 11 is 2.56. The first-order valence-corrected chi connectivity index (χ1v) is 6.33. The van der Waals surface area contributed by atoms with Gasteiger partial charge in [0.1, 0.15) is 0 Å². The van der Waals surface area contributed by atoms with Gasteiger partial charge in [-0.05, 0) is 0 Å². The van der Waals surface area contributed by atoms with Crippen LogP contribution in [0.4, 0.5) is 0 Å². The summed E-state index contributed by atoms with van der Waals surface area (Å²) in [6.07, 6.45) is 0. The number of hydrogen-bond donors (Lipinski definition) is 1. The van der Waals surface area contributed by atoms with Crippen molar-refractivity contribution in [1.82, 2.24) is 0 Å². The molecule has 0 aromatic carbocycles. The van der Waals surface area contributed by atoms with E-state index in [0.29, 0.717) is 6.61 Å². The first kappa shape index (κ1) is 7.87. The quantitative estimate of drug-likeness (QED) is 0.506. The molecule has 0 radical (unpaired) electrons. The molecule has 1 atom stereocenters. The van der Waals surface area contributed by atoms with Gasteiger partial charge in [-0.2, -0.15) is 0 Å². The molecular formula is C3H9O2PSe.